The monoisotopic (exact) mass is 448 g/mol. The molecule has 0 spiro atoms. The van der Waals surface area contributed by atoms with E-state index in [0.29, 0.717) is 22.3 Å². The van der Waals surface area contributed by atoms with Gasteiger partial charge in [-0.1, -0.05) is 12.1 Å². The first-order valence-electron chi connectivity index (χ1n) is 10.7. The van der Waals surface area contributed by atoms with E-state index in [4.69, 9.17) is 4.42 Å². The lowest BCUT2D eigenvalue weighted by molar-refractivity contribution is -0.139. The van der Waals surface area contributed by atoms with Crippen molar-refractivity contribution < 1.29 is 19.1 Å². The molecular weight excluding hydrogens is 424 g/mol. The highest BCUT2D eigenvalue weighted by Crippen LogP contribution is 2.22. The highest BCUT2D eigenvalue weighted by Gasteiger charge is 2.25. The zero-order valence-electron chi connectivity index (χ0n) is 18.3. The summed E-state index contributed by atoms with van der Waals surface area (Å²) in [5, 5.41) is 12.6. The van der Waals surface area contributed by atoms with Crippen LogP contribution in [-0.4, -0.2) is 46.1 Å². The Morgan fingerprint density at radius 2 is 1.91 bits per heavy atom. The van der Waals surface area contributed by atoms with Gasteiger partial charge in [-0.05, 0) is 44.2 Å². The van der Waals surface area contributed by atoms with Gasteiger partial charge in [0.2, 0.25) is 0 Å². The molecule has 33 heavy (non-hydrogen) atoms. The predicted molar refractivity (Wildman–Crippen MR) is 125 cm³/mol. The standard InChI is InChI=1S/C24H24N4O5/c1-3-28(4-2)15-10-9-14-11-16(24(32)33-20(14)12-15)22(29)27-19(23(30)31)13-21-25-17-7-5-6-8-18(17)26-21/h5-12,19H,3-4,13H2,1-2H3,(H,25,26)(H,27,29)(H,30,31)/t19-/m1/s1. The normalized spacial score (nSPS) is 12.1. The number of imidazole rings is 1. The average Bonchev–Trinajstić information content (AvgIpc) is 3.21. The molecule has 1 atom stereocenters. The molecule has 4 aromatic rings. The number of carboxylic acid groups (broad SMARTS) is 1. The van der Waals surface area contributed by atoms with Crippen molar-refractivity contribution in [3.8, 4) is 0 Å². The van der Waals surface area contributed by atoms with Crippen molar-refractivity contribution in [2.75, 3.05) is 18.0 Å². The number of para-hydroxylation sites is 2. The largest absolute Gasteiger partial charge is 0.480 e. The molecule has 0 saturated carbocycles. The van der Waals surface area contributed by atoms with Gasteiger partial charge in [0.05, 0.1) is 11.0 Å². The van der Waals surface area contributed by atoms with Crippen LogP contribution >= 0.6 is 0 Å². The molecule has 0 radical (unpaired) electrons. The molecule has 0 fully saturated rings. The van der Waals surface area contributed by atoms with Crippen molar-refractivity contribution in [2.24, 2.45) is 0 Å². The van der Waals surface area contributed by atoms with Crippen LogP contribution in [0.15, 0.2) is 57.7 Å². The molecule has 0 aliphatic heterocycles. The molecule has 0 saturated heterocycles. The van der Waals surface area contributed by atoms with Crippen LogP contribution in [0.3, 0.4) is 0 Å². The van der Waals surface area contributed by atoms with Crippen LogP contribution in [0, 0.1) is 0 Å². The molecule has 4 rings (SSSR count). The van der Waals surface area contributed by atoms with E-state index in [9.17, 15) is 19.5 Å². The summed E-state index contributed by atoms with van der Waals surface area (Å²) in [6.45, 7) is 5.66. The minimum Gasteiger partial charge on any atom is -0.480 e. The summed E-state index contributed by atoms with van der Waals surface area (Å²) in [6, 6.07) is 12.8. The molecule has 2 aromatic heterocycles. The first-order chi connectivity index (χ1) is 15.9. The summed E-state index contributed by atoms with van der Waals surface area (Å²) >= 11 is 0. The number of anilines is 1. The van der Waals surface area contributed by atoms with Gasteiger partial charge in [-0.3, -0.25) is 4.79 Å². The summed E-state index contributed by atoms with van der Waals surface area (Å²) in [7, 11) is 0. The lowest BCUT2D eigenvalue weighted by Gasteiger charge is -2.21. The minimum absolute atomic E-state index is 0.0676. The van der Waals surface area contributed by atoms with E-state index in [1.807, 2.05) is 38.1 Å². The second-order valence-corrected chi connectivity index (χ2v) is 7.61. The molecule has 1 amide bonds. The molecular formula is C24H24N4O5. The Hall–Kier alpha value is -4.14. The molecule has 3 N–H and O–H groups in total. The SMILES string of the molecule is CCN(CC)c1ccc2cc(C(=O)N[C@H](Cc3nc4ccccc4[nH]3)C(=O)O)c(=O)oc2c1. The fourth-order valence-corrected chi connectivity index (χ4v) is 3.78. The van der Waals surface area contributed by atoms with Gasteiger partial charge in [0.1, 0.15) is 23.0 Å². The van der Waals surface area contributed by atoms with E-state index in [0.717, 1.165) is 24.3 Å². The van der Waals surface area contributed by atoms with E-state index in [1.165, 1.54) is 6.07 Å². The van der Waals surface area contributed by atoms with Crippen LogP contribution in [0.1, 0.15) is 30.0 Å². The Morgan fingerprint density at radius 1 is 1.15 bits per heavy atom. The molecule has 9 heteroatoms. The topological polar surface area (TPSA) is 129 Å². The number of aromatic amines is 1. The molecule has 0 unspecified atom stereocenters. The van der Waals surface area contributed by atoms with E-state index in [-0.39, 0.29) is 12.0 Å². The third kappa shape index (κ3) is 4.57. The van der Waals surface area contributed by atoms with Gasteiger partial charge < -0.3 is 24.7 Å². The number of nitrogens with one attached hydrogen (secondary N) is 2. The summed E-state index contributed by atoms with van der Waals surface area (Å²) < 4.78 is 5.38. The molecule has 9 nitrogen and oxygen atoms in total. The van der Waals surface area contributed by atoms with Crippen LogP contribution in [-0.2, 0) is 11.2 Å². The van der Waals surface area contributed by atoms with Crippen molar-refractivity contribution in [1.29, 1.82) is 0 Å². The number of nitrogens with zero attached hydrogens (tertiary/aromatic N) is 2. The third-order valence-corrected chi connectivity index (χ3v) is 5.53. The average molecular weight is 448 g/mol. The number of carboxylic acids is 1. The Kier molecular flexibility index (Phi) is 6.12. The van der Waals surface area contributed by atoms with Crippen molar-refractivity contribution >= 4 is 39.6 Å². The molecule has 170 valence electrons. The smallest absolute Gasteiger partial charge is 0.349 e. The molecule has 2 heterocycles. The fraction of sp³-hybridized carbons (Fsp3) is 0.250. The maximum atomic E-state index is 12.8. The van der Waals surface area contributed by atoms with Gasteiger partial charge in [-0.15, -0.1) is 0 Å². The number of aliphatic carboxylic acids is 1. The van der Waals surface area contributed by atoms with E-state index < -0.39 is 23.5 Å². The highest BCUT2D eigenvalue weighted by atomic mass is 16.4. The first kappa shape index (κ1) is 22.1. The number of amides is 1. The third-order valence-electron chi connectivity index (χ3n) is 5.53. The number of rotatable bonds is 8. The number of carbonyl (C=O) groups excluding carboxylic acids is 1. The zero-order chi connectivity index (χ0) is 23.5. The van der Waals surface area contributed by atoms with Gasteiger partial charge >= 0.3 is 11.6 Å². The number of carbonyl (C=O) groups is 2. The van der Waals surface area contributed by atoms with Gasteiger partial charge in [-0.25, -0.2) is 14.6 Å². The predicted octanol–water partition coefficient (Wildman–Crippen LogP) is 2.94. The summed E-state index contributed by atoms with van der Waals surface area (Å²) in [4.78, 5) is 46.6. The van der Waals surface area contributed by atoms with Gasteiger partial charge in [0.25, 0.3) is 5.91 Å². The number of H-pyrrole nitrogens is 1. The summed E-state index contributed by atoms with van der Waals surface area (Å²) in [5.41, 5.74) is 1.64. The Balaban J connectivity index is 1.58. The van der Waals surface area contributed by atoms with Crippen LogP contribution in [0.2, 0.25) is 0 Å². The van der Waals surface area contributed by atoms with Gasteiger partial charge in [0.15, 0.2) is 0 Å². The lowest BCUT2D eigenvalue weighted by atomic mass is 10.1. The Morgan fingerprint density at radius 3 is 2.61 bits per heavy atom. The summed E-state index contributed by atoms with van der Waals surface area (Å²) in [6.07, 6.45) is -0.0676. The maximum absolute atomic E-state index is 12.8. The van der Waals surface area contributed by atoms with Crippen molar-refractivity contribution in [1.82, 2.24) is 15.3 Å². The number of hydrogen-bond acceptors (Lipinski definition) is 6. The van der Waals surface area contributed by atoms with Crippen LogP contribution in [0.5, 0.6) is 0 Å². The first-order valence-corrected chi connectivity index (χ1v) is 10.7. The maximum Gasteiger partial charge on any atom is 0.349 e. The van der Waals surface area contributed by atoms with Gasteiger partial charge in [0, 0.05) is 36.7 Å². The Labute approximate surface area is 189 Å². The summed E-state index contributed by atoms with van der Waals surface area (Å²) in [5.74, 6) is -1.64. The van der Waals surface area contributed by atoms with Crippen LogP contribution in [0.25, 0.3) is 22.0 Å². The van der Waals surface area contributed by atoms with E-state index in [2.05, 4.69) is 20.2 Å². The number of hydrogen-bond donors (Lipinski definition) is 3. The van der Waals surface area contributed by atoms with Crippen molar-refractivity contribution in [2.45, 2.75) is 26.3 Å². The fourth-order valence-electron chi connectivity index (χ4n) is 3.78. The van der Waals surface area contributed by atoms with Crippen molar-refractivity contribution in [3.05, 3.63) is 70.3 Å². The second-order valence-electron chi connectivity index (χ2n) is 7.61. The molecule has 0 bridgehead atoms. The molecule has 2 aromatic carbocycles. The van der Waals surface area contributed by atoms with Crippen LogP contribution in [0.4, 0.5) is 5.69 Å². The molecule has 0 aliphatic carbocycles. The quantitative estimate of drug-likeness (QED) is 0.354. The second kappa shape index (κ2) is 9.15. The Bertz CT molecular complexity index is 1350. The minimum atomic E-state index is -1.28. The van der Waals surface area contributed by atoms with Crippen LogP contribution < -0.4 is 15.8 Å². The molecule has 0 aliphatic rings. The number of aromatic nitrogens is 2. The van der Waals surface area contributed by atoms with E-state index in [1.54, 1.807) is 18.2 Å². The zero-order valence-corrected chi connectivity index (χ0v) is 18.3. The number of fused-ring (bicyclic) bond motifs is 2. The van der Waals surface area contributed by atoms with Gasteiger partial charge in [-0.2, -0.15) is 0 Å². The number of benzene rings is 2. The highest BCUT2D eigenvalue weighted by molar-refractivity contribution is 5.98. The van der Waals surface area contributed by atoms with E-state index >= 15 is 0 Å². The van der Waals surface area contributed by atoms with Crippen molar-refractivity contribution in [3.63, 3.8) is 0 Å². The lowest BCUT2D eigenvalue weighted by Crippen LogP contribution is -2.43.